The number of hydrogen-bond acceptors (Lipinski definition) is 4. The number of esters is 1. The van der Waals surface area contributed by atoms with E-state index in [1.54, 1.807) is 0 Å². The van der Waals surface area contributed by atoms with Crippen LogP contribution in [0.4, 0.5) is 0 Å². The fourth-order valence-electron chi connectivity index (χ4n) is 8.47. The van der Waals surface area contributed by atoms with Crippen LogP contribution in [0.15, 0.2) is 42.0 Å². The highest BCUT2D eigenvalue weighted by Gasteiger charge is 2.84. The van der Waals surface area contributed by atoms with Gasteiger partial charge in [0.2, 0.25) is 0 Å². The van der Waals surface area contributed by atoms with Crippen molar-refractivity contribution < 1.29 is 19.4 Å². The highest BCUT2D eigenvalue weighted by atomic mass is 16.5. The maximum absolute atomic E-state index is 14.2. The van der Waals surface area contributed by atoms with Crippen molar-refractivity contribution >= 4 is 12.3 Å². The molecular weight excluding hydrogens is 388 g/mol. The molecule has 0 saturated heterocycles. The van der Waals surface area contributed by atoms with E-state index in [9.17, 15) is 14.7 Å². The molecule has 0 spiro atoms. The quantitative estimate of drug-likeness (QED) is 0.415. The largest absolute Gasteiger partial charge is 0.460 e. The summed E-state index contributed by atoms with van der Waals surface area (Å²) in [7, 11) is 0. The number of aliphatic hydroxyl groups excluding tert-OH is 1. The first-order chi connectivity index (χ1) is 14.9. The van der Waals surface area contributed by atoms with Gasteiger partial charge in [-0.15, -0.1) is 0 Å². The summed E-state index contributed by atoms with van der Waals surface area (Å²) >= 11 is 0. The molecule has 0 amide bonds. The number of aliphatic hydroxyl groups is 1. The van der Waals surface area contributed by atoms with Crippen LogP contribution in [-0.4, -0.2) is 24.0 Å². The SMILES string of the molecule is CC(C)C1=CC2CC3(C=O)C4CCC(C)C4CC2(CO)C13C(=O)OCc1ccccc1. The van der Waals surface area contributed by atoms with E-state index in [2.05, 4.69) is 26.8 Å². The number of aldehydes is 1. The lowest BCUT2D eigenvalue weighted by Crippen LogP contribution is -2.63. The van der Waals surface area contributed by atoms with Crippen molar-refractivity contribution in [3.63, 3.8) is 0 Å². The normalized spacial score (nSPS) is 42.4. The second-order valence-corrected chi connectivity index (χ2v) is 10.9. The average molecular weight is 423 g/mol. The molecule has 7 atom stereocenters. The topological polar surface area (TPSA) is 63.6 Å². The summed E-state index contributed by atoms with van der Waals surface area (Å²) in [5.74, 6) is 0.981. The van der Waals surface area contributed by atoms with Crippen LogP contribution in [0.3, 0.4) is 0 Å². The van der Waals surface area contributed by atoms with Gasteiger partial charge in [0.1, 0.15) is 18.3 Å². The van der Waals surface area contributed by atoms with Crippen LogP contribution in [0.25, 0.3) is 0 Å². The Labute approximate surface area is 185 Å². The molecule has 0 aliphatic heterocycles. The minimum atomic E-state index is -1.05. The summed E-state index contributed by atoms with van der Waals surface area (Å²) in [6, 6.07) is 9.70. The van der Waals surface area contributed by atoms with Crippen LogP contribution in [0.5, 0.6) is 0 Å². The lowest BCUT2D eigenvalue weighted by molar-refractivity contribution is -0.190. The van der Waals surface area contributed by atoms with E-state index in [4.69, 9.17) is 4.74 Å². The van der Waals surface area contributed by atoms with Crippen molar-refractivity contribution in [3.05, 3.63) is 47.5 Å². The molecule has 1 N–H and O–H groups in total. The van der Waals surface area contributed by atoms with E-state index in [0.29, 0.717) is 18.3 Å². The van der Waals surface area contributed by atoms with Crippen molar-refractivity contribution in [1.29, 1.82) is 0 Å². The van der Waals surface area contributed by atoms with E-state index in [-0.39, 0.29) is 36.9 Å². The van der Waals surface area contributed by atoms with Crippen LogP contribution in [0.1, 0.15) is 52.0 Å². The summed E-state index contributed by atoms with van der Waals surface area (Å²) in [5, 5.41) is 10.9. The number of allylic oxidation sites excluding steroid dienone is 1. The van der Waals surface area contributed by atoms with Crippen LogP contribution < -0.4 is 0 Å². The van der Waals surface area contributed by atoms with Gasteiger partial charge in [-0.05, 0) is 54.4 Å². The van der Waals surface area contributed by atoms with Crippen molar-refractivity contribution in [1.82, 2.24) is 0 Å². The summed E-state index contributed by atoms with van der Waals surface area (Å²) in [6.07, 6.45) is 6.90. The predicted molar refractivity (Wildman–Crippen MR) is 118 cm³/mol. The molecule has 5 rings (SSSR count). The third-order valence-corrected chi connectivity index (χ3v) is 9.60. The van der Waals surface area contributed by atoms with Gasteiger partial charge in [-0.3, -0.25) is 4.79 Å². The molecule has 3 saturated carbocycles. The zero-order chi connectivity index (χ0) is 22.0. The Morgan fingerprint density at radius 1 is 1.23 bits per heavy atom. The van der Waals surface area contributed by atoms with Gasteiger partial charge >= 0.3 is 5.97 Å². The molecule has 0 radical (unpaired) electrons. The highest BCUT2D eigenvalue weighted by molar-refractivity contribution is 5.91. The highest BCUT2D eigenvalue weighted by Crippen LogP contribution is 2.82. The Morgan fingerprint density at radius 2 is 1.97 bits per heavy atom. The molecule has 3 fully saturated rings. The van der Waals surface area contributed by atoms with Crippen LogP contribution >= 0.6 is 0 Å². The maximum atomic E-state index is 14.2. The molecule has 4 aliphatic rings. The molecule has 7 unspecified atom stereocenters. The van der Waals surface area contributed by atoms with E-state index in [1.807, 2.05) is 30.3 Å². The number of rotatable bonds is 6. The van der Waals surface area contributed by atoms with Crippen molar-refractivity contribution in [3.8, 4) is 0 Å². The van der Waals surface area contributed by atoms with Crippen LogP contribution in [-0.2, 0) is 20.9 Å². The first kappa shape index (κ1) is 20.9. The molecule has 31 heavy (non-hydrogen) atoms. The van der Waals surface area contributed by atoms with E-state index < -0.39 is 16.2 Å². The monoisotopic (exact) mass is 422 g/mol. The Hall–Kier alpha value is -1.94. The Kier molecular flexibility index (Phi) is 4.75. The molecule has 4 aliphatic carbocycles. The van der Waals surface area contributed by atoms with Crippen molar-refractivity contribution in [2.45, 2.75) is 53.1 Å². The Morgan fingerprint density at radius 3 is 2.61 bits per heavy atom. The number of carbonyl (C=O) groups excluding carboxylic acids is 2. The smallest absolute Gasteiger partial charge is 0.318 e. The zero-order valence-corrected chi connectivity index (χ0v) is 18.8. The van der Waals surface area contributed by atoms with Gasteiger partial charge < -0.3 is 14.6 Å². The fraction of sp³-hybridized carbons (Fsp3) is 0.630. The fourth-order valence-corrected chi connectivity index (χ4v) is 8.47. The Balaban J connectivity index is 1.65. The van der Waals surface area contributed by atoms with Crippen molar-refractivity contribution in [2.24, 2.45) is 45.8 Å². The summed E-state index contributed by atoms with van der Waals surface area (Å²) in [4.78, 5) is 27.3. The molecule has 4 bridgehead atoms. The molecule has 4 nitrogen and oxygen atoms in total. The number of benzene rings is 1. The second kappa shape index (κ2) is 7.03. The van der Waals surface area contributed by atoms with Crippen LogP contribution in [0.2, 0.25) is 0 Å². The zero-order valence-electron chi connectivity index (χ0n) is 18.8. The molecule has 1 aromatic carbocycles. The Bertz CT molecular complexity index is 920. The standard InChI is InChI=1S/C27H34O4/c1-17(2)23-11-20-12-26(16-29)22-10-9-18(3)21(22)13-25(20,15-28)27(23,26)24(30)31-14-19-7-5-4-6-8-19/h4-8,11,16-18,20-22,28H,9-10,12-15H2,1-3H3. The first-order valence-corrected chi connectivity index (χ1v) is 11.9. The number of carbonyl (C=O) groups is 2. The first-order valence-electron chi connectivity index (χ1n) is 11.9. The summed E-state index contributed by atoms with van der Waals surface area (Å²) in [5.41, 5.74) is -0.473. The summed E-state index contributed by atoms with van der Waals surface area (Å²) < 4.78 is 6.03. The minimum absolute atomic E-state index is 0.0576. The molecule has 4 heteroatoms. The third kappa shape index (κ3) is 2.35. The molecule has 166 valence electrons. The van der Waals surface area contributed by atoms with Gasteiger partial charge in [-0.25, -0.2) is 0 Å². The molecule has 0 heterocycles. The van der Waals surface area contributed by atoms with Gasteiger partial charge in [0.15, 0.2) is 0 Å². The van der Waals surface area contributed by atoms with Gasteiger partial charge in [0.25, 0.3) is 0 Å². The van der Waals surface area contributed by atoms with E-state index in [1.165, 1.54) is 0 Å². The lowest BCUT2D eigenvalue weighted by Gasteiger charge is -2.58. The van der Waals surface area contributed by atoms with Gasteiger partial charge in [0.05, 0.1) is 12.0 Å². The number of ether oxygens (including phenoxy) is 1. The lowest BCUT2D eigenvalue weighted by atomic mass is 9.43. The average Bonchev–Trinajstić information content (AvgIpc) is 3.35. The van der Waals surface area contributed by atoms with Crippen LogP contribution in [0, 0.1) is 45.8 Å². The second-order valence-electron chi connectivity index (χ2n) is 10.9. The molecule has 1 aromatic rings. The van der Waals surface area contributed by atoms with Crippen molar-refractivity contribution in [2.75, 3.05) is 6.61 Å². The number of fused-ring (bicyclic) bond motifs is 2. The maximum Gasteiger partial charge on any atom is 0.318 e. The molecule has 0 aromatic heterocycles. The minimum Gasteiger partial charge on any atom is -0.460 e. The van der Waals surface area contributed by atoms with E-state index in [0.717, 1.165) is 36.7 Å². The number of hydrogen-bond donors (Lipinski definition) is 1. The van der Waals surface area contributed by atoms with E-state index >= 15 is 0 Å². The summed E-state index contributed by atoms with van der Waals surface area (Å²) in [6.45, 7) is 6.60. The molecular formula is C27H34O4. The van der Waals surface area contributed by atoms with Gasteiger partial charge in [-0.1, -0.05) is 69.2 Å². The van der Waals surface area contributed by atoms with Gasteiger partial charge in [0, 0.05) is 5.41 Å². The van der Waals surface area contributed by atoms with Gasteiger partial charge in [-0.2, -0.15) is 0 Å². The predicted octanol–water partition coefficient (Wildman–Crippen LogP) is 4.56. The third-order valence-electron chi connectivity index (χ3n) is 9.60.